The first-order chi connectivity index (χ1) is 7.17. The second kappa shape index (κ2) is 4.91. The molecule has 3 nitrogen and oxygen atoms in total. The highest BCUT2D eigenvalue weighted by Crippen LogP contribution is 2.19. The number of rotatable bonds is 5. The van der Waals surface area contributed by atoms with Gasteiger partial charge in [-0.2, -0.15) is 0 Å². The van der Waals surface area contributed by atoms with E-state index in [1.54, 1.807) is 0 Å². The molecule has 0 radical (unpaired) electrons. The first-order valence-electron chi connectivity index (χ1n) is 5.27. The molecule has 15 heavy (non-hydrogen) atoms. The maximum Gasteiger partial charge on any atom is 0.152 e. The van der Waals surface area contributed by atoms with E-state index < -0.39 is 0 Å². The van der Waals surface area contributed by atoms with Gasteiger partial charge in [0.1, 0.15) is 0 Å². The minimum absolute atomic E-state index is 0.540. The Bertz CT molecular complexity index is 346. The summed E-state index contributed by atoms with van der Waals surface area (Å²) in [4.78, 5) is 21.7. The lowest BCUT2D eigenvalue weighted by molar-refractivity contribution is 0.109. The summed E-state index contributed by atoms with van der Waals surface area (Å²) >= 11 is 0. The summed E-state index contributed by atoms with van der Waals surface area (Å²) in [6, 6.07) is 0. The molecular formula is C12H17NO2. The van der Waals surface area contributed by atoms with Crippen LogP contribution in [0, 0.1) is 13.8 Å². The second-order valence-corrected chi connectivity index (χ2v) is 3.74. The Labute approximate surface area is 90.1 Å². The van der Waals surface area contributed by atoms with Crippen LogP contribution in [0.2, 0.25) is 0 Å². The lowest BCUT2D eigenvalue weighted by Crippen LogP contribution is -2.02. The van der Waals surface area contributed by atoms with Crippen LogP contribution in [-0.4, -0.2) is 17.1 Å². The topological polar surface area (TPSA) is 39.1 Å². The monoisotopic (exact) mass is 207 g/mol. The Balaban J connectivity index is 3.21. The fourth-order valence-corrected chi connectivity index (χ4v) is 1.88. The summed E-state index contributed by atoms with van der Waals surface area (Å²) in [5.41, 5.74) is 2.88. The third-order valence-corrected chi connectivity index (χ3v) is 2.85. The van der Waals surface area contributed by atoms with Crippen molar-refractivity contribution in [1.82, 2.24) is 4.57 Å². The van der Waals surface area contributed by atoms with Crippen LogP contribution in [0.4, 0.5) is 0 Å². The fraction of sp³-hybridized carbons (Fsp3) is 0.500. The van der Waals surface area contributed by atoms with Crippen LogP contribution in [0.5, 0.6) is 0 Å². The summed E-state index contributed by atoms with van der Waals surface area (Å²) in [6.07, 6.45) is 3.71. The van der Waals surface area contributed by atoms with Gasteiger partial charge in [0.2, 0.25) is 0 Å². The van der Waals surface area contributed by atoms with Crippen LogP contribution < -0.4 is 0 Å². The van der Waals surface area contributed by atoms with Crippen LogP contribution in [0.15, 0.2) is 0 Å². The predicted octanol–water partition coefficient (Wildman–Crippen LogP) is 2.53. The quantitative estimate of drug-likeness (QED) is 0.696. The standard InChI is InChI=1S/C12H17NO2/c1-4-5-6-13-9(2)11(7-14)12(8-15)10(13)3/h7-8H,4-6H2,1-3H3. The lowest BCUT2D eigenvalue weighted by atomic mass is 10.1. The number of nitrogens with zero attached hydrogens (tertiary/aromatic N) is 1. The molecule has 1 aromatic rings. The molecule has 0 saturated heterocycles. The summed E-state index contributed by atoms with van der Waals surface area (Å²) in [5.74, 6) is 0. The zero-order valence-electron chi connectivity index (χ0n) is 9.54. The molecule has 0 fully saturated rings. The Kier molecular flexibility index (Phi) is 3.83. The smallest absolute Gasteiger partial charge is 0.152 e. The zero-order chi connectivity index (χ0) is 11.4. The molecule has 0 spiro atoms. The lowest BCUT2D eigenvalue weighted by Gasteiger charge is -2.07. The molecule has 1 heterocycles. The van der Waals surface area contributed by atoms with E-state index >= 15 is 0 Å². The summed E-state index contributed by atoms with van der Waals surface area (Å²) in [7, 11) is 0. The van der Waals surface area contributed by atoms with Crippen molar-refractivity contribution < 1.29 is 9.59 Å². The predicted molar refractivity (Wildman–Crippen MR) is 59.6 cm³/mol. The molecule has 82 valence electrons. The number of carbonyl (C=O) groups excluding carboxylic acids is 2. The molecule has 0 unspecified atom stereocenters. The highest BCUT2D eigenvalue weighted by molar-refractivity contribution is 5.93. The van der Waals surface area contributed by atoms with E-state index in [1.807, 2.05) is 13.8 Å². The SMILES string of the molecule is CCCCn1c(C)c(C=O)c(C=O)c1C. The van der Waals surface area contributed by atoms with Crippen molar-refractivity contribution >= 4 is 12.6 Å². The first-order valence-corrected chi connectivity index (χ1v) is 5.27. The molecule has 1 rings (SSSR count). The van der Waals surface area contributed by atoms with Gasteiger partial charge in [-0.05, 0) is 20.3 Å². The third-order valence-electron chi connectivity index (χ3n) is 2.85. The number of aromatic nitrogens is 1. The number of carbonyl (C=O) groups is 2. The number of hydrogen-bond donors (Lipinski definition) is 0. The third kappa shape index (κ3) is 2.01. The molecule has 0 aromatic carbocycles. The van der Waals surface area contributed by atoms with E-state index in [4.69, 9.17) is 0 Å². The number of aldehydes is 2. The zero-order valence-corrected chi connectivity index (χ0v) is 9.54. The second-order valence-electron chi connectivity index (χ2n) is 3.74. The van der Waals surface area contributed by atoms with E-state index in [-0.39, 0.29) is 0 Å². The first kappa shape index (κ1) is 11.7. The van der Waals surface area contributed by atoms with Gasteiger partial charge in [0.25, 0.3) is 0 Å². The maximum absolute atomic E-state index is 10.9. The summed E-state index contributed by atoms with van der Waals surface area (Å²) < 4.78 is 2.05. The molecule has 3 heteroatoms. The van der Waals surface area contributed by atoms with Crippen molar-refractivity contribution in [3.8, 4) is 0 Å². The molecule has 0 saturated carbocycles. The van der Waals surface area contributed by atoms with Crippen molar-refractivity contribution in [3.05, 3.63) is 22.5 Å². The molecule has 0 aliphatic carbocycles. The van der Waals surface area contributed by atoms with Crippen molar-refractivity contribution in [2.45, 2.75) is 40.2 Å². The summed E-state index contributed by atoms with van der Waals surface area (Å²) in [6.45, 7) is 6.77. The molecular weight excluding hydrogens is 190 g/mol. The molecule has 0 aliphatic rings. The Morgan fingerprint density at radius 1 is 1.07 bits per heavy atom. The maximum atomic E-state index is 10.9. The van der Waals surface area contributed by atoms with Crippen molar-refractivity contribution in [2.75, 3.05) is 0 Å². The van der Waals surface area contributed by atoms with Gasteiger partial charge in [-0.25, -0.2) is 0 Å². The summed E-state index contributed by atoms with van der Waals surface area (Å²) in [5, 5.41) is 0. The van der Waals surface area contributed by atoms with E-state index in [1.165, 1.54) is 0 Å². The average molecular weight is 207 g/mol. The highest BCUT2D eigenvalue weighted by Gasteiger charge is 2.15. The van der Waals surface area contributed by atoms with E-state index in [9.17, 15) is 9.59 Å². The Hall–Kier alpha value is -1.38. The normalized spacial score (nSPS) is 10.3. The van der Waals surface area contributed by atoms with Crippen LogP contribution in [-0.2, 0) is 6.54 Å². The largest absolute Gasteiger partial charge is 0.348 e. The van der Waals surface area contributed by atoms with Gasteiger partial charge in [-0.1, -0.05) is 13.3 Å². The fourth-order valence-electron chi connectivity index (χ4n) is 1.88. The van der Waals surface area contributed by atoms with E-state index in [0.29, 0.717) is 11.1 Å². The minimum Gasteiger partial charge on any atom is -0.348 e. The average Bonchev–Trinajstić information content (AvgIpc) is 2.47. The van der Waals surface area contributed by atoms with Crippen molar-refractivity contribution in [2.24, 2.45) is 0 Å². The van der Waals surface area contributed by atoms with Gasteiger partial charge in [-0.3, -0.25) is 9.59 Å². The van der Waals surface area contributed by atoms with Crippen LogP contribution in [0.1, 0.15) is 51.9 Å². The van der Waals surface area contributed by atoms with Crippen LogP contribution in [0.25, 0.3) is 0 Å². The van der Waals surface area contributed by atoms with Gasteiger partial charge in [0.15, 0.2) is 12.6 Å². The number of unbranched alkanes of at least 4 members (excludes halogenated alkanes) is 1. The van der Waals surface area contributed by atoms with Crippen LogP contribution in [0.3, 0.4) is 0 Å². The highest BCUT2D eigenvalue weighted by atomic mass is 16.1. The molecule has 0 amide bonds. The molecule has 0 bridgehead atoms. The van der Waals surface area contributed by atoms with E-state index in [2.05, 4.69) is 11.5 Å². The molecule has 1 aromatic heterocycles. The van der Waals surface area contributed by atoms with Gasteiger partial charge in [0.05, 0.1) is 0 Å². The minimum atomic E-state index is 0.540. The van der Waals surface area contributed by atoms with Crippen LogP contribution >= 0.6 is 0 Å². The Morgan fingerprint density at radius 3 is 1.87 bits per heavy atom. The molecule has 0 aliphatic heterocycles. The Morgan fingerprint density at radius 2 is 1.53 bits per heavy atom. The van der Waals surface area contributed by atoms with Gasteiger partial charge < -0.3 is 4.57 Å². The molecule has 0 atom stereocenters. The van der Waals surface area contributed by atoms with Crippen molar-refractivity contribution in [1.29, 1.82) is 0 Å². The van der Waals surface area contributed by atoms with Crippen molar-refractivity contribution in [3.63, 3.8) is 0 Å². The van der Waals surface area contributed by atoms with Gasteiger partial charge in [0, 0.05) is 29.1 Å². The van der Waals surface area contributed by atoms with E-state index in [0.717, 1.165) is 43.3 Å². The molecule has 0 N–H and O–H groups in total. The number of hydrogen-bond acceptors (Lipinski definition) is 2. The van der Waals surface area contributed by atoms with Gasteiger partial charge >= 0.3 is 0 Å². The van der Waals surface area contributed by atoms with Gasteiger partial charge in [-0.15, -0.1) is 0 Å².